The number of tetrazole rings is 1. The van der Waals surface area contributed by atoms with Gasteiger partial charge in [0.05, 0.1) is 5.69 Å². The van der Waals surface area contributed by atoms with E-state index in [1.807, 2.05) is 31.2 Å². The molecule has 1 N–H and O–H groups in total. The summed E-state index contributed by atoms with van der Waals surface area (Å²) >= 11 is 9.14. The van der Waals surface area contributed by atoms with Crippen LogP contribution in [0.2, 0.25) is 5.02 Å². The predicted octanol–water partition coefficient (Wildman–Crippen LogP) is 3.34. The van der Waals surface area contributed by atoms with Gasteiger partial charge in [-0.2, -0.15) is 0 Å². The largest absolute Gasteiger partial charge is 0.302 e. The van der Waals surface area contributed by atoms with Crippen LogP contribution in [0.15, 0.2) is 29.4 Å². The Morgan fingerprint density at radius 3 is 2.92 bits per heavy atom. The number of aromatic nitrogens is 5. The highest BCUT2D eigenvalue weighted by molar-refractivity contribution is 7.99. The molecular formula is C16H17ClN6OS2. The maximum Gasteiger partial charge on any atom is 0.226 e. The summed E-state index contributed by atoms with van der Waals surface area (Å²) in [5, 5.41) is 16.1. The monoisotopic (exact) mass is 408 g/mol. The number of carbonyl (C=O) groups excluding carboxylic acids is 1. The molecule has 1 aromatic carbocycles. The lowest BCUT2D eigenvalue weighted by Crippen LogP contribution is -2.12. The minimum Gasteiger partial charge on any atom is -0.302 e. The molecule has 0 atom stereocenters. The van der Waals surface area contributed by atoms with Gasteiger partial charge in [-0.15, -0.1) is 16.4 Å². The average Bonchev–Trinajstić information content (AvgIpc) is 3.15. The van der Waals surface area contributed by atoms with E-state index >= 15 is 0 Å². The van der Waals surface area contributed by atoms with Crippen LogP contribution in [0.3, 0.4) is 0 Å². The smallest absolute Gasteiger partial charge is 0.226 e. The van der Waals surface area contributed by atoms with Crippen LogP contribution in [-0.4, -0.2) is 36.9 Å². The summed E-state index contributed by atoms with van der Waals surface area (Å²) in [6.45, 7) is 1.94. The number of carbonyl (C=O) groups is 1. The number of hydrogen-bond donors (Lipinski definition) is 1. The molecule has 10 heteroatoms. The van der Waals surface area contributed by atoms with Gasteiger partial charge in [0.15, 0.2) is 5.13 Å². The van der Waals surface area contributed by atoms with Crippen LogP contribution in [0.5, 0.6) is 0 Å². The predicted molar refractivity (Wildman–Crippen MR) is 104 cm³/mol. The topological polar surface area (TPSA) is 85.6 Å². The van der Waals surface area contributed by atoms with Crippen molar-refractivity contribution in [1.82, 2.24) is 25.2 Å². The van der Waals surface area contributed by atoms with E-state index in [4.69, 9.17) is 11.6 Å². The highest BCUT2D eigenvalue weighted by atomic mass is 35.5. The van der Waals surface area contributed by atoms with Crippen molar-refractivity contribution in [3.8, 4) is 0 Å². The van der Waals surface area contributed by atoms with Crippen LogP contribution >= 0.6 is 34.7 Å². The Bertz CT molecular complexity index is 910. The Kier molecular flexibility index (Phi) is 6.23. The van der Waals surface area contributed by atoms with Gasteiger partial charge in [-0.25, -0.2) is 9.67 Å². The summed E-state index contributed by atoms with van der Waals surface area (Å²) in [4.78, 5) is 17.7. The molecule has 0 aliphatic rings. The molecule has 0 unspecified atom stereocenters. The lowest BCUT2D eigenvalue weighted by atomic mass is 10.1. The van der Waals surface area contributed by atoms with Crippen LogP contribution in [0.25, 0.3) is 0 Å². The van der Waals surface area contributed by atoms with Crippen molar-refractivity contribution in [2.45, 2.75) is 24.9 Å². The summed E-state index contributed by atoms with van der Waals surface area (Å²) in [7, 11) is 1.77. The minimum atomic E-state index is -0.0781. The van der Waals surface area contributed by atoms with E-state index in [9.17, 15) is 4.79 Å². The van der Waals surface area contributed by atoms with E-state index in [1.165, 1.54) is 23.1 Å². The molecule has 3 aromatic rings. The van der Waals surface area contributed by atoms with Crippen molar-refractivity contribution in [3.63, 3.8) is 0 Å². The second-order valence-electron chi connectivity index (χ2n) is 5.53. The van der Waals surface area contributed by atoms with E-state index < -0.39 is 0 Å². The standard InChI is InChI=1S/C16H17ClN6OS2/c1-10-13(9-11-5-3-4-6-12(11)17)26-15(18-10)19-14(24)7-8-25-16-20-21-22-23(16)2/h3-6H,7-9H2,1-2H3,(H,18,19,24). The second kappa shape index (κ2) is 8.61. The first-order valence-corrected chi connectivity index (χ1v) is 10.1. The first-order valence-electron chi connectivity index (χ1n) is 7.87. The van der Waals surface area contributed by atoms with E-state index in [0.717, 1.165) is 21.2 Å². The summed E-state index contributed by atoms with van der Waals surface area (Å²) in [5.41, 5.74) is 1.96. The van der Waals surface area contributed by atoms with Crippen molar-refractivity contribution < 1.29 is 4.79 Å². The third-order valence-electron chi connectivity index (χ3n) is 3.59. The SMILES string of the molecule is Cc1nc(NC(=O)CCSc2nnnn2C)sc1Cc1ccccc1Cl. The highest BCUT2D eigenvalue weighted by Gasteiger charge is 2.13. The molecule has 3 rings (SSSR count). The molecule has 0 saturated carbocycles. The molecule has 2 heterocycles. The van der Waals surface area contributed by atoms with Crippen molar-refractivity contribution in [2.24, 2.45) is 7.05 Å². The van der Waals surface area contributed by atoms with Gasteiger partial charge >= 0.3 is 0 Å². The summed E-state index contributed by atoms with van der Waals surface area (Å²) in [5.74, 6) is 0.516. The minimum absolute atomic E-state index is 0.0781. The maximum atomic E-state index is 12.1. The zero-order chi connectivity index (χ0) is 18.5. The van der Waals surface area contributed by atoms with Gasteiger partial charge in [0, 0.05) is 35.5 Å². The van der Waals surface area contributed by atoms with E-state index in [1.54, 1.807) is 11.7 Å². The van der Waals surface area contributed by atoms with Crippen LogP contribution in [0.4, 0.5) is 5.13 Å². The van der Waals surface area contributed by atoms with E-state index in [2.05, 4.69) is 25.8 Å². The zero-order valence-corrected chi connectivity index (χ0v) is 16.7. The first kappa shape index (κ1) is 18.8. The fraction of sp³-hybridized carbons (Fsp3) is 0.312. The van der Waals surface area contributed by atoms with Gasteiger partial charge in [0.25, 0.3) is 0 Å². The Morgan fingerprint density at radius 2 is 2.19 bits per heavy atom. The molecular weight excluding hydrogens is 392 g/mol. The van der Waals surface area contributed by atoms with Gasteiger partial charge in [-0.05, 0) is 29.0 Å². The van der Waals surface area contributed by atoms with Crippen LogP contribution < -0.4 is 5.32 Å². The molecule has 0 fully saturated rings. The molecule has 7 nitrogen and oxygen atoms in total. The number of nitrogens with zero attached hydrogens (tertiary/aromatic N) is 5. The van der Waals surface area contributed by atoms with Gasteiger partial charge in [-0.3, -0.25) is 4.79 Å². The van der Waals surface area contributed by atoms with Crippen LogP contribution in [0, 0.1) is 6.92 Å². The Balaban J connectivity index is 1.54. The number of thiazole rings is 1. The number of halogens is 1. The molecule has 26 heavy (non-hydrogen) atoms. The summed E-state index contributed by atoms with van der Waals surface area (Å²) < 4.78 is 1.58. The number of aryl methyl sites for hydroxylation is 2. The molecule has 0 spiro atoms. The lowest BCUT2D eigenvalue weighted by molar-refractivity contribution is -0.115. The lowest BCUT2D eigenvalue weighted by Gasteiger charge is -2.02. The third-order valence-corrected chi connectivity index (χ3v) is 6.04. The third kappa shape index (κ3) is 4.80. The Hall–Kier alpha value is -1.97. The quantitative estimate of drug-likeness (QED) is 0.603. The van der Waals surface area contributed by atoms with E-state index in [0.29, 0.717) is 28.9 Å². The summed E-state index contributed by atoms with van der Waals surface area (Å²) in [6, 6.07) is 7.75. The second-order valence-corrected chi connectivity index (χ2v) is 8.08. The molecule has 1 amide bonds. The number of hydrogen-bond acceptors (Lipinski definition) is 7. The fourth-order valence-electron chi connectivity index (χ4n) is 2.22. The van der Waals surface area contributed by atoms with Crippen molar-refractivity contribution in [1.29, 1.82) is 0 Å². The van der Waals surface area contributed by atoms with Gasteiger partial charge in [-0.1, -0.05) is 41.6 Å². The van der Waals surface area contributed by atoms with Crippen molar-refractivity contribution in [3.05, 3.63) is 45.4 Å². The average molecular weight is 409 g/mol. The first-order chi connectivity index (χ1) is 12.5. The highest BCUT2D eigenvalue weighted by Crippen LogP contribution is 2.28. The van der Waals surface area contributed by atoms with Gasteiger partial charge < -0.3 is 5.32 Å². The fourth-order valence-corrected chi connectivity index (χ4v) is 4.21. The number of rotatable bonds is 7. The molecule has 0 bridgehead atoms. The zero-order valence-electron chi connectivity index (χ0n) is 14.3. The number of benzene rings is 1. The van der Waals surface area contributed by atoms with Crippen LogP contribution in [-0.2, 0) is 18.3 Å². The molecule has 2 aromatic heterocycles. The van der Waals surface area contributed by atoms with Crippen molar-refractivity contribution >= 4 is 45.7 Å². The summed E-state index contributed by atoms with van der Waals surface area (Å²) in [6.07, 6.45) is 1.06. The van der Waals surface area contributed by atoms with E-state index in [-0.39, 0.29) is 5.91 Å². The number of nitrogens with one attached hydrogen (secondary N) is 1. The maximum absolute atomic E-state index is 12.1. The molecule has 0 radical (unpaired) electrons. The number of anilines is 1. The van der Waals surface area contributed by atoms with Crippen molar-refractivity contribution in [2.75, 3.05) is 11.1 Å². The number of thioether (sulfide) groups is 1. The molecule has 136 valence electrons. The van der Waals surface area contributed by atoms with Gasteiger partial charge in [0.2, 0.25) is 11.1 Å². The number of amides is 1. The van der Waals surface area contributed by atoms with Crippen LogP contribution in [0.1, 0.15) is 22.6 Å². The normalized spacial score (nSPS) is 10.9. The molecule has 0 aliphatic carbocycles. The van der Waals surface area contributed by atoms with Gasteiger partial charge in [0.1, 0.15) is 0 Å². The Morgan fingerprint density at radius 1 is 1.38 bits per heavy atom. The Labute approximate surface area is 164 Å². The molecule has 0 saturated heterocycles. The molecule has 0 aliphatic heterocycles.